The highest BCUT2D eigenvalue weighted by Crippen LogP contribution is 2.12. The van der Waals surface area contributed by atoms with E-state index >= 15 is 0 Å². The molecule has 1 fully saturated rings. The second-order valence-electron chi connectivity index (χ2n) is 5.21. The third-order valence-corrected chi connectivity index (χ3v) is 3.81. The maximum atomic E-state index is 12.4. The van der Waals surface area contributed by atoms with Gasteiger partial charge in [0.05, 0.1) is 11.3 Å². The van der Waals surface area contributed by atoms with Gasteiger partial charge in [0.25, 0.3) is 5.91 Å². The summed E-state index contributed by atoms with van der Waals surface area (Å²) in [4.78, 5) is 16.6. The monoisotopic (exact) mass is 265 g/mol. The molecule has 2 heterocycles. The van der Waals surface area contributed by atoms with Crippen LogP contribution in [0.1, 0.15) is 23.0 Å². The van der Waals surface area contributed by atoms with Gasteiger partial charge in [0, 0.05) is 52.0 Å². The summed E-state index contributed by atoms with van der Waals surface area (Å²) in [6, 6.07) is 0.386. The molecule has 0 aromatic carbocycles. The van der Waals surface area contributed by atoms with Crippen molar-refractivity contribution in [3.05, 3.63) is 17.5 Å². The van der Waals surface area contributed by atoms with Gasteiger partial charge in [-0.3, -0.25) is 14.4 Å². The van der Waals surface area contributed by atoms with Crippen LogP contribution < -0.4 is 5.73 Å². The summed E-state index contributed by atoms with van der Waals surface area (Å²) in [6.07, 6.45) is 1.80. The lowest BCUT2D eigenvalue weighted by molar-refractivity contribution is 0.0588. The molecule has 1 atom stereocenters. The van der Waals surface area contributed by atoms with Crippen LogP contribution >= 0.6 is 0 Å². The van der Waals surface area contributed by atoms with Crippen molar-refractivity contribution in [3.63, 3.8) is 0 Å². The van der Waals surface area contributed by atoms with Crippen molar-refractivity contribution in [3.8, 4) is 0 Å². The quantitative estimate of drug-likeness (QED) is 0.824. The van der Waals surface area contributed by atoms with Crippen molar-refractivity contribution in [1.29, 1.82) is 0 Å². The summed E-state index contributed by atoms with van der Waals surface area (Å²) in [5.41, 5.74) is 7.19. The van der Waals surface area contributed by atoms with E-state index in [-0.39, 0.29) is 5.91 Å². The van der Waals surface area contributed by atoms with Crippen LogP contribution in [0.3, 0.4) is 0 Å². The highest BCUT2D eigenvalue weighted by molar-refractivity contribution is 5.95. The Bertz CT molecular complexity index is 448. The van der Waals surface area contributed by atoms with Gasteiger partial charge in [0.2, 0.25) is 0 Å². The number of hydrogen-bond acceptors (Lipinski definition) is 4. The van der Waals surface area contributed by atoms with Crippen LogP contribution in [-0.4, -0.2) is 64.3 Å². The number of piperazine rings is 1. The minimum absolute atomic E-state index is 0.0886. The van der Waals surface area contributed by atoms with Crippen LogP contribution in [0, 0.1) is 6.92 Å². The molecule has 6 heteroatoms. The second kappa shape index (κ2) is 5.71. The fourth-order valence-electron chi connectivity index (χ4n) is 2.49. The van der Waals surface area contributed by atoms with Crippen LogP contribution in [0.2, 0.25) is 0 Å². The van der Waals surface area contributed by atoms with Gasteiger partial charge < -0.3 is 10.6 Å². The van der Waals surface area contributed by atoms with Gasteiger partial charge in [-0.25, -0.2) is 0 Å². The lowest BCUT2D eigenvalue weighted by atomic mass is 10.2. The SMILES string of the molecule is Cc1nn(C)cc1C(=O)N1CCN(C(C)CN)CC1. The molecule has 1 aliphatic heterocycles. The number of aryl methyl sites for hydroxylation is 2. The number of aromatic nitrogens is 2. The first kappa shape index (κ1) is 14.0. The number of carbonyl (C=O) groups excluding carboxylic acids is 1. The molecule has 1 aromatic rings. The number of carbonyl (C=O) groups is 1. The minimum atomic E-state index is 0.0886. The predicted molar refractivity (Wildman–Crippen MR) is 73.9 cm³/mol. The topological polar surface area (TPSA) is 67.4 Å². The Kier molecular flexibility index (Phi) is 4.21. The van der Waals surface area contributed by atoms with Crippen molar-refractivity contribution in [2.24, 2.45) is 12.8 Å². The number of nitrogens with two attached hydrogens (primary N) is 1. The highest BCUT2D eigenvalue weighted by atomic mass is 16.2. The molecule has 0 radical (unpaired) electrons. The van der Waals surface area contributed by atoms with E-state index in [2.05, 4.69) is 16.9 Å². The first-order valence-electron chi connectivity index (χ1n) is 6.76. The van der Waals surface area contributed by atoms with Crippen molar-refractivity contribution in [1.82, 2.24) is 19.6 Å². The first-order chi connectivity index (χ1) is 9.02. The zero-order valence-electron chi connectivity index (χ0n) is 12.0. The van der Waals surface area contributed by atoms with Crippen LogP contribution in [0.4, 0.5) is 0 Å². The Morgan fingerprint density at radius 2 is 2.05 bits per heavy atom. The van der Waals surface area contributed by atoms with Crippen molar-refractivity contribution in [2.75, 3.05) is 32.7 Å². The normalized spacial score (nSPS) is 18.6. The number of amides is 1. The van der Waals surface area contributed by atoms with E-state index < -0.39 is 0 Å². The average molecular weight is 265 g/mol. The fourth-order valence-corrected chi connectivity index (χ4v) is 2.49. The lowest BCUT2D eigenvalue weighted by Gasteiger charge is -2.37. The van der Waals surface area contributed by atoms with Gasteiger partial charge in [0.1, 0.15) is 0 Å². The van der Waals surface area contributed by atoms with E-state index in [1.807, 2.05) is 18.9 Å². The predicted octanol–water partition coefficient (Wildman–Crippen LogP) is -0.166. The molecule has 0 bridgehead atoms. The number of rotatable bonds is 3. The third-order valence-electron chi connectivity index (χ3n) is 3.81. The van der Waals surface area contributed by atoms with Gasteiger partial charge in [-0.05, 0) is 13.8 Å². The van der Waals surface area contributed by atoms with E-state index in [0.29, 0.717) is 18.2 Å². The second-order valence-corrected chi connectivity index (χ2v) is 5.21. The number of nitrogens with zero attached hydrogens (tertiary/aromatic N) is 4. The Balaban J connectivity index is 1.98. The number of hydrogen-bond donors (Lipinski definition) is 1. The summed E-state index contributed by atoms with van der Waals surface area (Å²) in [6.45, 7) is 7.97. The molecule has 0 saturated carbocycles. The Morgan fingerprint density at radius 1 is 1.42 bits per heavy atom. The van der Waals surface area contributed by atoms with Gasteiger partial charge >= 0.3 is 0 Å². The summed E-state index contributed by atoms with van der Waals surface area (Å²) < 4.78 is 1.69. The molecule has 1 amide bonds. The van der Waals surface area contributed by atoms with Crippen LogP contribution in [0.15, 0.2) is 6.20 Å². The molecule has 1 aliphatic rings. The molecular formula is C13H23N5O. The highest BCUT2D eigenvalue weighted by Gasteiger charge is 2.25. The van der Waals surface area contributed by atoms with Crippen molar-refractivity contribution in [2.45, 2.75) is 19.9 Å². The average Bonchev–Trinajstić information content (AvgIpc) is 2.76. The lowest BCUT2D eigenvalue weighted by Crippen LogP contribution is -2.52. The molecule has 2 rings (SSSR count). The minimum Gasteiger partial charge on any atom is -0.336 e. The van der Waals surface area contributed by atoms with E-state index in [1.165, 1.54) is 0 Å². The molecule has 1 saturated heterocycles. The van der Waals surface area contributed by atoms with Gasteiger partial charge in [-0.15, -0.1) is 0 Å². The third kappa shape index (κ3) is 2.96. The molecule has 1 unspecified atom stereocenters. The summed E-state index contributed by atoms with van der Waals surface area (Å²) in [5.74, 6) is 0.0886. The Labute approximate surface area is 114 Å². The molecular weight excluding hydrogens is 242 g/mol. The van der Waals surface area contributed by atoms with Crippen molar-refractivity contribution < 1.29 is 4.79 Å². The Morgan fingerprint density at radius 3 is 2.53 bits per heavy atom. The van der Waals surface area contributed by atoms with Crippen LogP contribution in [-0.2, 0) is 7.05 Å². The van der Waals surface area contributed by atoms with E-state index in [4.69, 9.17) is 5.73 Å². The molecule has 0 aliphatic carbocycles. The first-order valence-corrected chi connectivity index (χ1v) is 6.76. The molecule has 2 N–H and O–H groups in total. The van der Waals surface area contributed by atoms with Crippen LogP contribution in [0.5, 0.6) is 0 Å². The molecule has 1 aromatic heterocycles. The molecule has 0 spiro atoms. The van der Waals surface area contributed by atoms with Gasteiger partial charge in [0.15, 0.2) is 0 Å². The summed E-state index contributed by atoms with van der Waals surface area (Å²) in [7, 11) is 1.84. The van der Waals surface area contributed by atoms with E-state index in [9.17, 15) is 4.79 Å². The molecule has 106 valence electrons. The standard InChI is InChI=1S/C13H23N5O/c1-10(8-14)17-4-6-18(7-5-17)13(19)12-9-16(3)15-11(12)2/h9-10H,4-8,14H2,1-3H3. The largest absolute Gasteiger partial charge is 0.336 e. The smallest absolute Gasteiger partial charge is 0.257 e. The van der Waals surface area contributed by atoms with E-state index in [0.717, 1.165) is 31.9 Å². The van der Waals surface area contributed by atoms with Crippen molar-refractivity contribution >= 4 is 5.91 Å². The summed E-state index contributed by atoms with van der Waals surface area (Å²) in [5, 5.41) is 4.23. The fraction of sp³-hybridized carbons (Fsp3) is 0.692. The maximum absolute atomic E-state index is 12.4. The Hall–Kier alpha value is -1.40. The van der Waals surface area contributed by atoms with Gasteiger partial charge in [-0.1, -0.05) is 0 Å². The summed E-state index contributed by atoms with van der Waals surface area (Å²) >= 11 is 0. The molecule has 6 nitrogen and oxygen atoms in total. The van der Waals surface area contributed by atoms with Crippen LogP contribution in [0.25, 0.3) is 0 Å². The van der Waals surface area contributed by atoms with Gasteiger partial charge in [-0.2, -0.15) is 5.10 Å². The van der Waals surface area contributed by atoms with E-state index in [1.54, 1.807) is 10.9 Å². The zero-order valence-corrected chi connectivity index (χ0v) is 12.0. The zero-order chi connectivity index (χ0) is 14.0. The molecule has 19 heavy (non-hydrogen) atoms. The maximum Gasteiger partial charge on any atom is 0.257 e.